The Morgan fingerprint density at radius 3 is 2.40 bits per heavy atom. The van der Waals surface area contributed by atoms with Crippen LogP contribution >= 0.6 is 11.8 Å². The van der Waals surface area contributed by atoms with Crippen LogP contribution in [0.3, 0.4) is 0 Å². The zero-order valence-corrected chi connectivity index (χ0v) is 25.5. The highest BCUT2D eigenvalue weighted by molar-refractivity contribution is 7.99. The van der Waals surface area contributed by atoms with Crippen LogP contribution in [0, 0.1) is 0 Å². The Hall–Kier alpha value is -4.07. The van der Waals surface area contributed by atoms with Gasteiger partial charge in [0.2, 0.25) is 11.8 Å². The summed E-state index contributed by atoms with van der Waals surface area (Å²) in [6, 6.07) is 23.9. The second-order valence-electron chi connectivity index (χ2n) is 10.8. The number of H-pyrrole nitrogens is 1. The number of rotatable bonds is 14. The highest BCUT2D eigenvalue weighted by Crippen LogP contribution is 2.40. The van der Waals surface area contributed by atoms with E-state index in [4.69, 9.17) is 14.7 Å². The molecular weight excluding hydrogens is 594 g/mol. The van der Waals surface area contributed by atoms with Gasteiger partial charge in [-0.1, -0.05) is 72.4 Å². The van der Waals surface area contributed by atoms with Crippen LogP contribution in [-0.2, 0) is 32.2 Å². The number of hydroxylamine groups is 1. The van der Waals surface area contributed by atoms with E-state index in [1.165, 1.54) is 6.33 Å². The Balaban J connectivity index is 1.25. The summed E-state index contributed by atoms with van der Waals surface area (Å²) in [6.07, 6.45) is 2.84. The molecule has 11 nitrogen and oxygen atoms in total. The molecule has 3 atom stereocenters. The van der Waals surface area contributed by atoms with Gasteiger partial charge in [-0.05, 0) is 52.8 Å². The molecule has 0 saturated carbocycles. The average molecular weight is 632 g/mol. The van der Waals surface area contributed by atoms with Gasteiger partial charge in [-0.25, -0.2) is 10.5 Å². The van der Waals surface area contributed by atoms with Crippen molar-refractivity contribution in [2.24, 2.45) is 0 Å². The number of nitrogens with zero attached hydrogens (tertiary/aromatic N) is 2. The molecular formula is C33H37N5O6S. The standard InChI is InChI=1S/C33H37N5O6S/c39-19-22-11-13-24(14-12-22)29-17-28(20-45-33-35-21-36-37-33)43-32(44-29)27-8-4-7-26(16-27)25-6-3-5-23(15-25)18-34-30(40)9-1-2-10-31(41)38-42/h3-8,11-16,21,28-29,32,39,42H,1-2,9-10,17-20H2,(H,34,40)(H,38,41)(H,35,36,37)/t28-,29+,32+/m1/s1. The molecule has 0 radical (unpaired) electrons. The smallest absolute Gasteiger partial charge is 0.243 e. The molecule has 5 rings (SSSR count). The van der Waals surface area contributed by atoms with Gasteiger partial charge < -0.3 is 19.9 Å². The number of nitrogens with one attached hydrogen (secondary N) is 3. The number of ether oxygens (including phenoxy) is 2. The number of carbonyl (C=O) groups excluding carboxylic acids is 2. The number of benzene rings is 3. The Kier molecular flexibility index (Phi) is 11.7. The summed E-state index contributed by atoms with van der Waals surface area (Å²) in [5, 5.41) is 28.5. The molecule has 1 aliphatic heterocycles. The van der Waals surface area contributed by atoms with Gasteiger partial charge in [0.15, 0.2) is 11.4 Å². The summed E-state index contributed by atoms with van der Waals surface area (Å²) in [5.41, 5.74) is 7.33. The Morgan fingerprint density at radius 2 is 1.67 bits per heavy atom. The number of aromatic nitrogens is 3. The largest absolute Gasteiger partial charge is 0.392 e. The molecule has 0 aliphatic carbocycles. The lowest BCUT2D eigenvalue weighted by Crippen LogP contribution is -2.31. The van der Waals surface area contributed by atoms with Crippen molar-refractivity contribution in [2.75, 3.05) is 5.75 Å². The lowest BCUT2D eigenvalue weighted by Gasteiger charge is -2.36. The maximum Gasteiger partial charge on any atom is 0.243 e. The maximum atomic E-state index is 12.3. The highest BCUT2D eigenvalue weighted by Gasteiger charge is 2.32. The first-order valence-electron chi connectivity index (χ1n) is 14.9. The quantitative estimate of drug-likeness (QED) is 0.0560. The van der Waals surface area contributed by atoms with Crippen LogP contribution in [0.1, 0.15) is 66.8 Å². The van der Waals surface area contributed by atoms with Crippen LogP contribution < -0.4 is 10.8 Å². The van der Waals surface area contributed by atoms with Crippen LogP contribution in [0.2, 0.25) is 0 Å². The predicted molar refractivity (Wildman–Crippen MR) is 168 cm³/mol. The topological polar surface area (TPSA) is 159 Å². The molecule has 1 fully saturated rings. The van der Waals surface area contributed by atoms with Crippen molar-refractivity contribution < 1.29 is 29.4 Å². The normalized spacial score (nSPS) is 18.0. The zero-order chi connectivity index (χ0) is 31.4. The highest BCUT2D eigenvalue weighted by atomic mass is 32.2. The first kappa shape index (κ1) is 32.3. The number of aliphatic hydroxyl groups is 1. The van der Waals surface area contributed by atoms with E-state index in [2.05, 4.69) is 32.6 Å². The monoisotopic (exact) mass is 631 g/mol. The third-order valence-electron chi connectivity index (χ3n) is 7.50. The zero-order valence-electron chi connectivity index (χ0n) is 24.7. The molecule has 5 N–H and O–H groups in total. The molecule has 0 unspecified atom stereocenters. The number of aliphatic hydroxyl groups excluding tert-OH is 1. The third-order valence-corrected chi connectivity index (χ3v) is 8.51. The minimum Gasteiger partial charge on any atom is -0.392 e. The van der Waals surface area contributed by atoms with Crippen molar-refractivity contribution in [3.63, 3.8) is 0 Å². The molecule has 1 aromatic heterocycles. The molecule has 12 heteroatoms. The molecule has 45 heavy (non-hydrogen) atoms. The molecule has 2 amide bonds. The molecule has 236 valence electrons. The fourth-order valence-corrected chi connectivity index (χ4v) is 5.90. The van der Waals surface area contributed by atoms with Crippen LogP contribution in [-0.4, -0.2) is 49.2 Å². The maximum absolute atomic E-state index is 12.3. The summed E-state index contributed by atoms with van der Waals surface area (Å²) in [5.74, 6) is 0.133. The SMILES string of the molecule is O=C(CCCCC(=O)NCc1cccc(-c2cccc([C@H]3O[C@@H](CSc4ncn[nH]4)C[C@@H](c4ccc(CO)cc4)O3)c2)c1)NO. The van der Waals surface area contributed by atoms with E-state index >= 15 is 0 Å². The number of thioether (sulfide) groups is 1. The van der Waals surface area contributed by atoms with E-state index in [1.807, 2.05) is 60.7 Å². The summed E-state index contributed by atoms with van der Waals surface area (Å²) in [4.78, 5) is 27.6. The fraction of sp³-hybridized carbons (Fsp3) is 0.333. The molecule has 2 heterocycles. The molecule has 3 aromatic carbocycles. The molecule has 0 spiro atoms. The molecule has 0 bridgehead atoms. The van der Waals surface area contributed by atoms with Crippen LogP contribution in [0.5, 0.6) is 0 Å². The number of hydrogen-bond donors (Lipinski definition) is 5. The van der Waals surface area contributed by atoms with Crippen molar-refractivity contribution in [3.8, 4) is 11.1 Å². The second kappa shape index (κ2) is 16.3. The van der Waals surface area contributed by atoms with Gasteiger partial charge in [-0.15, -0.1) is 0 Å². The van der Waals surface area contributed by atoms with Gasteiger partial charge in [0.25, 0.3) is 0 Å². The number of hydrogen-bond acceptors (Lipinski definition) is 9. The average Bonchev–Trinajstić information content (AvgIpc) is 3.62. The van der Waals surface area contributed by atoms with Crippen LogP contribution in [0.25, 0.3) is 11.1 Å². The predicted octanol–water partition coefficient (Wildman–Crippen LogP) is 4.98. The Morgan fingerprint density at radius 1 is 0.911 bits per heavy atom. The number of amides is 2. The fourth-order valence-electron chi connectivity index (χ4n) is 5.10. The minimum absolute atomic E-state index is 0.0122. The van der Waals surface area contributed by atoms with E-state index in [0.29, 0.717) is 38.0 Å². The lowest BCUT2D eigenvalue weighted by molar-refractivity contribution is -0.245. The van der Waals surface area contributed by atoms with E-state index in [-0.39, 0.29) is 31.1 Å². The first-order chi connectivity index (χ1) is 22.0. The van der Waals surface area contributed by atoms with Crippen molar-refractivity contribution in [3.05, 3.63) is 101 Å². The van der Waals surface area contributed by atoms with Crippen molar-refractivity contribution in [1.82, 2.24) is 26.0 Å². The second-order valence-corrected chi connectivity index (χ2v) is 11.8. The van der Waals surface area contributed by atoms with Gasteiger partial charge in [0.05, 0.1) is 18.8 Å². The number of carbonyl (C=O) groups is 2. The summed E-state index contributed by atoms with van der Waals surface area (Å²) in [7, 11) is 0. The van der Waals surface area contributed by atoms with Crippen molar-refractivity contribution in [1.29, 1.82) is 0 Å². The molecule has 4 aromatic rings. The summed E-state index contributed by atoms with van der Waals surface area (Å²) in [6.45, 7) is 0.376. The lowest BCUT2D eigenvalue weighted by atomic mass is 9.99. The number of aromatic amines is 1. The van der Waals surface area contributed by atoms with Gasteiger partial charge in [-0.3, -0.25) is 19.9 Å². The third kappa shape index (κ3) is 9.46. The van der Waals surface area contributed by atoms with Gasteiger partial charge in [-0.2, -0.15) is 5.10 Å². The van der Waals surface area contributed by atoms with Crippen LogP contribution in [0.4, 0.5) is 0 Å². The van der Waals surface area contributed by atoms with Gasteiger partial charge >= 0.3 is 0 Å². The molecule has 1 saturated heterocycles. The molecule has 1 aliphatic rings. The first-order valence-corrected chi connectivity index (χ1v) is 15.9. The Labute approximate surface area is 265 Å². The van der Waals surface area contributed by atoms with E-state index in [1.54, 1.807) is 17.2 Å². The summed E-state index contributed by atoms with van der Waals surface area (Å²) < 4.78 is 13.0. The van der Waals surface area contributed by atoms with Crippen molar-refractivity contribution >= 4 is 23.6 Å². The van der Waals surface area contributed by atoms with Crippen molar-refractivity contribution in [2.45, 2.75) is 68.9 Å². The van der Waals surface area contributed by atoms with E-state index in [9.17, 15) is 14.7 Å². The van der Waals surface area contributed by atoms with Crippen LogP contribution in [0.15, 0.2) is 84.3 Å². The van der Waals surface area contributed by atoms with E-state index < -0.39 is 12.2 Å². The van der Waals surface area contributed by atoms with Gasteiger partial charge in [0, 0.05) is 37.1 Å². The van der Waals surface area contributed by atoms with E-state index in [0.717, 1.165) is 38.5 Å². The number of unbranched alkanes of at least 4 members (excludes halogenated alkanes) is 1. The minimum atomic E-state index is -0.590. The Bertz CT molecular complexity index is 1530. The summed E-state index contributed by atoms with van der Waals surface area (Å²) >= 11 is 1.55. The van der Waals surface area contributed by atoms with Gasteiger partial charge in [0.1, 0.15) is 6.33 Å².